The zero-order chi connectivity index (χ0) is 17.2. The summed E-state index contributed by atoms with van der Waals surface area (Å²) in [7, 11) is 0. The number of aromatic nitrogens is 2. The zero-order valence-electron chi connectivity index (χ0n) is 15.6. The van der Waals surface area contributed by atoms with E-state index in [0.717, 1.165) is 19.5 Å². The minimum atomic E-state index is 1.00. The Morgan fingerprint density at radius 2 is 1.88 bits per heavy atom. The van der Waals surface area contributed by atoms with Crippen molar-refractivity contribution in [3.8, 4) is 5.69 Å². The highest BCUT2D eigenvalue weighted by Crippen LogP contribution is 2.31. The minimum Gasteiger partial charge on any atom is -0.370 e. The van der Waals surface area contributed by atoms with Crippen LogP contribution in [0.2, 0.25) is 0 Å². The lowest BCUT2D eigenvalue weighted by atomic mass is 10.1. The van der Waals surface area contributed by atoms with Gasteiger partial charge in [0, 0.05) is 18.7 Å². The summed E-state index contributed by atoms with van der Waals surface area (Å²) in [5, 5.41) is 8.79. The van der Waals surface area contributed by atoms with Gasteiger partial charge in [0.1, 0.15) is 5.82 Å². The molecule has 0 radical (unpaired) electrons. The molecule has 2 aromatic rings. The molecule has 4 heteroatoms. The van der Waals surface area contributed by atoms with Crippen molar-refractivity contribution in [2.75, 3.05) is 25.0 Å². The van der Waals surface area contributed by atoms with Gasteiger partial charge in [0.25, 0.3) is 0 Å². The summed E-state index contributed by atoms with van der Waals surface area (Å²) < 4.78 is 2.18. The molecule has 4 nitrogen and oxygen atoms in total. The van der Waals surface area contributed by atoms with Gasteiger partial charge in [-0.2, -0.15) is 5.10 Å². The van der Waals surface area contributed by atoms with Crippen LogP contribution in [0.5, 0.6) is 0 Å². The molecule has 3 heterocycles. The Labute approximate surface area is 151 Å². The molecule has 0 unspecified atom stereocenters. The number of fused-ring (bicyclic) bond motifs is 1. The predicted molar refractivity (Wildman–Crippen MR) is 104 cm³/mol. The molecule has 4 rings (SSSR count). The summed E-state index contributed by atoms with van der Waals surface area (Å²) in [6.45, 7) is 8.88. The van der Waals surface area contributed by atoms with E-state index in [9.17, 15) is 0 Å². The van der Waals surface area contributed by atoms with Gasteiger partial charge in [0.15, 0.2) is 0 Å². The molecule has 0 aliphatic carbocycles. The number of piperidine rings is 1. The van der Waals surface area contributed by atoms with Crippen LogP contribution in [-0.2, 0) is 13.0 Å². The van der Waals surface area contributed by atoms with Gasteiger partial charge in [-0.15, -0.1) is 0 Å². The van der Waals surface area contributed by atoms with Crippen LogP contribution >= 0.6 is 0 Å². The van der Waals surface area contributed by atoms with Gasteiger partial charge in [-0.05, 0) is 76.2 Å². The van der Waals surface area contributed by atoms with E-state index in [0.29, 0.717) is 0 Å². The van der Waals surface area contributed by atoms with Crippen molar-refractivity contribution in [2.24, 2.45) is 0 Å². The molecular weight excluding hydrogens is 308 g/mol. The number of nitrogens with zero attached hydrogens (tertiary/aromatic N) is 3. The number of likely N-dealkylation sites (tertiary alicyclic amines) is 1. The SMILES string of the molecule is Cc1cccc(-n2nc(CN3CCCCC3)c3c2NCCCC3)c1C. The van der Waals surface area contributed by atoms with Gasteiger partial charge in [0.2, 0.25) is 0 Å². The van der Waals surface area contributed by atoms with E-state index in [-0.39, 0.29) is 0 Å². The van der Waals surface area contributed by atoms with Gasteiger partial charge in [-0.3, -0.25) is 4.90 Å². The fourth-order valence-electron chi connectivity index (χ4n) is 4.17. The summed E-state index contributed by atoms with van der Waals surface area (Å²) >= 11 is 0. The number of benzene rings is 1. The first-order chi connectivity index (χ1) is 12.2. The van der Waals surface area contributed by atoms with Crippen LogP contribution in [0.3, 0.4) is 0 Å². The molecule has 0 spiro atoms. The quantitative estimate of drug-likeness (QED) is 0.909. The number of hydrogen-bond donors (Lipinski definition) is 1. The van der Waals surface area contributed by atoms with Crippen LogP contribution in [0.15, 0.2) is 18.2 Å². The van der Waals surface area contributed by atoms with Gasteiger partial charge in [-0.25, -0.2) is 4.68 Å². The van der Waals surface area contributed by atoms with Crippen molar-refractivity contribution in [2.45, 2.75) is 58.9 Å². The maximum absolute atomic E-state index is 5.11. The fourth-order valence-corrected chi connectivity index (χ4v) is 4.17. The molecule has 2 aliphatic rings. The third kappa shape index (κ3) is 3.32. The fraction of sp³-hybridized carbons (Fsp3) is 0.571. The Balaban J connectivity index is 1.75. The molecule has 0 amide bonds. The van der Waals surface area contributed by atoms with Crippen molar-refractivity contribution in [1.82, 2.24) is 14.7 Å². The summed E-state index contributed by atoms with van der Waals surface area (Å²) in [6.07, 6.45) is 7.69. The smallest absolute Gasteiger partial charge is 0.133 e. The maximum Gasteiger partial charge on any atom is 0.133 e. The highest BCUT2D eigenvalue weighted by Gasteiger charge is 2.23. The summed E-state index contributed by atoms with van der Waals surface area (Å²) in [5.41, 5.74) is 6.60. The van der Waals surface area contributed by atoms with Crippen molar-refractivity contribution < 1.29 is 0 Å². The van der Waals surface area contributed by atoms with Crippen molar-refractivity contribution in [3.63, 3.8) is 0 Å². The monoisotopic (exact) mass is 338 g/mol. The van der Waals surface area contributed by atoms with E-state index in [4.69, 9.17) is 5.10 Å². The molecule has 25 heavy (non-hydrogen) atoms. The van der Waals surface area contributed by atoms with E-state index in [1.54, 1.807) is 0 Å². The molecule has 2 aliphatic heterocycles. The second kappa shape index (κ2) is 7.20. The summed E-state index contributed by atoms with van der Waals surface area (Å²) in [4.78, 5) is 2.59. The second-order valence-electron chi connectivity index (χ2n) is 7.63. The number of aryl methyl sites for hydroxylation is 1. The Hall–Kier alpha value is -1.81. The molecule has 0 atom stereocenters. The van der Waals surface area contributed by atoms with Crippen LogP contribution in [0.1, 0.15) is 54.5 Å². The molecule has 1 saturated heterocycles. The second-order valence-corrected chi connectivity index (χ2v) is 7.63. The van der Waals surface area contributed by atoms with Crippen molar-refractivity contribution >= 4 is 5.82 Å². The average molecular weight is 338 g/mol. The lowest BCUT2D eigenvalue weighted by molar-refractivity contribution is 0.217. The van der Waals surface area contributed by atoms with Crippen LogP contribution in [0.4, 0.5) is 5.82 Å². The van der Waals surface area contributed by atoms with Gasteiger partial charge < -0.3 is 5.32 Å². The lowest BCUT2D eigenvalue weighted by Gasteiger charge is -2.25. The number of nitrogens with one attached hydrogen (secondary N) is 1. The Bertz CT molecular complexity index is 741. The number of hydrogen-bond acceptors (Lipinski definition) is 3. The number of rotatable bonds is 3. The van der Waals surface area contributed by atoms with E-state index in [1.807, 2.05) is 0 Å². The highest BCUT2D eigenvalue weighted by atomic mass is 15.3. The molecule has 134 valence electrons. The third-order valence-corrected chi connectivity index (χ3v) is 5.84. The normalized spacial score (nSPS) is 18.5. The molecule has 0 saturated carbocycles. The first-order valence-corrected chi connectivity index (χ1v) is 9.87. The summed E-state index contributed by atoms with van der Waals surface area (Å²) in [5.74, 6) is 1.23. The minimum absolute atomic E-state index is 1.00. The van der Waals surface area contributed by atoms with E-state index in [1.165, 1.54) is 79.1 Å². The van der Waals surface area contributed by atoms with Gasteiger partial charge >= 0.3 is 0 Å². The van der Waals surface area contributed by atoms with Crippen molar-refractivity contribution in [1.29, 1.82) is 0 Å². The van der Waals surface area contributed by atoms with Gasteiger partial charge in [-0.1, -0.05) is 18.6 Å². The van der Waals surface area contributed by atoms with Gasteiger partial charge in [0.05, 0.1) is 11.4 Å². The Morgan fingerprint density at radius 1 is 1.04 bits per heavy atom. The first-order valence-electron chi connectivity index (χ1n) is 9.87. The topological polar surface area (TPSA) is 33.1 Å². The van der Waals surface area contributed by atoms with E-state index >= 15 is 0 Å². The largest absolute Gasteiger partial charge is 0.370 e. The predicted octanol–water partition coefficient (Wildman–Crippen LogP) is 4.22. The standard InChI is InChI=1S/C21H30N4/c1-16-9-8-11-20(17(16)2)25-21-18(10-4-5-12-22-21)19(23-25)15-24-13-6-3-7-14-24/h8-9,11,22H,3-7,10,12-15H2,1-2H3. The molecule has 0 bridgehead atoms. The molecule has 1 aromatic heterocycles. The molecule has 1 aromatic carbocycles. The Morgan fingerprint density at radius 3 is 2.72 bits per heavy atom. The first kappa shape index (κ1) is 16.6. The highest BCUT2D eigenvalue weighted by molar-refractivity contribution is 5.57. The zero-order valence-corrected chi connectivity index (χ0v) is 15.6. The Kier molecular flexibility index (Phi) is 4.80. The van der Waals surface area contributed by atoms with Crippen LogP contribution in [-0.4, -0.2) is 34.3 Å². The van der Waals surface area contributed by atoms with Crippen LogP contribution < -0.4 is 5.32 Å². The van der Waals surface area contributed by atoms with E-state index < -0.39 is 0 Å². The van der Waals surface area contributed by atoms with Crippen LogP contribution in [0, 0.1) is 13.8 Å². The third-order valence-electron chi connectivity index (χ3n) is 5.84. The lowest BCUT2D eigenvalue weighted by Crippen LogP contribution is -2.29. The van der Waals surface area contributed by atoms with Crippen LogP contribution in [0.25, 0.3) is 5.69 Å². The average Bonchev–Trinajstić information content (AvgIpc) is 2.81. The van der Waals surface area contributed by atoms with E-state index in [2.05, 4.69) is 46.9 Å². The van der Waals surface area contributed by atoms with Crippen molar-refractivity contribution in [3.05, 3.63) is 40.6 Å². The summed E-state index contributed by atoms with van der Waals surface area (Å²) in [6, 6.07) is 6.53. The molecular formula is C21H30N4. The number of anilines is 1. The maximum atomic E-state index is 5.11. The molecule has 1 N–H and O–H groups in total. The molecule has 1 fully saturated rings.